The molecule has 0 aliphatic rings. The summed E-state index contributed by atoms with van der Waals surface area (Å²) in [4.78, 5) is 0. The van der Waals surface area contributed by atoms with Crippen LogP contribution in [0.5, 0.6) is 0 Å². The zero-order valence-corrected chi connectivity index (χ0v) is 15.9. The zero-order chi connectivity index (χ0) is 18.5. The summed E-state index contributed by atoms with van der Waals surface area (Å²) in [6.07, 6.45) is 9.67. The van der Waals surface area contributed by atoms with Gasteiger partial charge in [0, 0.05) is 5.41 Å². The van der Waals surface area contributed by atoms with E-state index in [1.165, 1.54) is 0 Å². The maximum atomic E-state index is 6.78. The lowest BCUT2D eigenvalue weighted by Crippen LogP contribution is -2.65. The summed E-state index contributed by atoms with van der Waals surface area (Å²) in [5.74, 6) is 0.455. The molecule has 0 bridgehead atoms. The van der Waals surface area contributed by atoms with Gasteiger partial charge in [-0.05, 0) is 83.5 Å². The van der Waals surface area contributed by atoms with E-state index in [2.05, 4.69) is 6.92 Å². The maximum absolute atomic E-state index is 6.78. The lowest BCUT2D eigenvalue weighted by molar-refractivity contribution is 0.00479. The molecule has 0 saturated carbocycles. The highest BCUT2D eigenvalue weighted by Gasteiger charge is 2.49. The molecule has 0 radical (unpaired) electrons. The summed E-state index contributed by atoms with van der Waals surface area (Å²) >= 11 is 0. The fourth-order valence-corrected chi connectivity index (χ4v) is 4.27. The highest BCUT2D eigenvalue weighted by Crippen LogP contribution is 2.49. The van der Waals surface area contributed by atoms with Crippen molar-refractivity contribution in [1.29, 1.82) is 0 Å². The van der Waals surface area contributed by atoms with Crippen LogP contribution < -0.4 is 34.4 Å². The van der Waals surface area contributed by atoms with Crippen molar-refractivity contribution >= 4 is 0 Å². The Balaban J connectivity index is 5.71. The van der Waals surface area contributed by atoms with Crippen LogP contribution in [0.1, 0.15) is 71.1 Å². The van der Waals surface area contributed by atoms with Crippen LogP contribution in [0, 0.1) is 11.3 Å². The molecule has 0 aliphatic carbocycles. The number of hydrogen-bond donors (Lipinski definition) is 6. The summed E-state index contributed by atoms with van der Waals surface area (Å²) < 4.78 is 0. The van der Waals surface area contributed by atoms with Gasteiger partial charge >= 0.3 is 0 Å². The van der Waals surface area contributed by atoms with Gasteiger partial charge in [0.25, 0.3) is 0 Å². The molecule has 0 aliphatic heterocycles. The van der Waals surface area contributed by atoms with Gasteiger partial charge in [-0.25, -0.2) is 0 Å². The molecular weight excluding hydrogens is 300 g/mol. The Labute approximate surface area is 149 Å². The number of hydrogen-bond acceptors (Lipinski definition) is 6. The smallest absolute Gasteiger partial charge is 0.0697 e. The van der Waals surface area contributed by atoms with E-state index in [4.69, 9.17) is 34.4 Å². The normalized spacial score (nSPS) is 14.1. The zero-order valence-electron chi connectivity index (χ0n) is 15.9. The maximum Gasteiger partial charge on any atom is 0.0697 e. The van der Waals surface area contributed by atoms with Crippen LogP contribution in [0.25, 0.3) is 0 Å². The van der Waals surface area contributed by atoms with Crippen molar-refractivity contribution in [2.75, 3.05) is 26.2 Å². The first-order valence-corrected chi connectivity index (χ1v) is 9.83. The highest BCUT2D eigenvalue weighted by molar-refractivity contribution is 5.02. The Kier molecular flexibility index (Phi) is 12.9. The van der Waals surface area contributed by atoms with E-state index < -0.39 is 5.66 Å². The van der Waals surface area contributed by atoms with Gasteiger partial charge in [-0.3, -0.25) is 0 Å². The Morgan fingerprint density at radius 3 is 1.54 bits per heavy atom. The minimum absolute atomic E-state index is 0.147. The molecule has 0 aromatic carbocycles. The van der Waals surface area contributed by atoms with E-state index in [1.54, 1.807) is 0 Å². The van der Waals surface area contributed by atoms with Crippen molar-refractivity contribution in [1.82, 2.24) is 0 Å². The molecule has 0 fully saturated rings. The van der Waals surface area contributed by atoms with Crippen molar-refractivity contribution in [3.63, 3.8) is 0 Å². The van der Waals surface area contributed by atoms with Crippen LogP contribution >= 0.6 is 0 Å². The van der Waals surface area contributed by atoms with Gasteiger partial charge in [-0.15, -0.1) is 0 Å². The Hall–Kier alpha value is -0.240. The quantitative estimate of drug-likeness (QED) is 0.229. The first kappa shape index (κ1) is 23.8. The molecular formula is C18H44N6. The van der Waals surface area contributed by atoms with Crippen molar-refractivity contribution in [3.05, 3.63) is 0 Å². The monoisotopic (exact) mass is 344 g/mol. The van der Waals surface area contributed by atoms with E-state index in [-0.39, 0.29) is 5.41 Å². The van der Waals surface area contributed by atoms with Crippen molar-refractivity contribution in [2.24, 2.45) is 45.7 Å². The third-order valence-corrected chi connectivity index (χ3v) is 5.55. The first-order chi connectivity index (χ1) is 11.5. The number of rotatable bonds is 16. The van der Waals surface area contributed by atoms with Crippen molar-refractivity contribution in [3.8, 4) is 0 Å². The standard InChI is InChI=1S/C18H44N6/c1-2-7-16(8-3-12-19)17(9-4-13-20,10-5-14-21)18(23,24)11-6-15-22/h16H,2-15,19-24H2,1H3. The van der Waals surface area contributed by atoms with Crippen LogP contribution in [-0.4, -0.2) is 31.8 Å². The summed E-state index contributed by atoms with van der Waals surface area (Å²) in [6, 6.07) is 0. The predicted molar refractivity (Wildman–Crippen MR) is 105 cm³/mol. The minimum Gasteiger partial charge on any atom is -0.330 e. The summed E-state index contributed by atoms with van der Waals surface area (Å²) in [5.41, 5.74) is 35.8. The van der Waals surface area contributed by atoms with Gasteiger partial charge in [0.1, 0.15) is 0 Å². The van der Waals surface area contributed by atoms with Gasteiger partial charge in [0.15, 0.2) is 0 Å². The molecule has 0 saturated heterocycles. The molecule has 6 nitrogen and oxygen atoms in total. The SMILES string of the molecule is CCCC(CCCN)C(CCCN)(CCCN)C(N)(N)CCCN. The Bertz CT molecular complexity index is 287. The molecule has 1 atom stereocenters. The van der Waals surface area contributed by atoms with Gasteiger partial charge in [0.2, 0.25) is 0 Å². The molecule has 0 aromatic rings. The molecule has 146 valence electrons. The second kappa shape index (κ2) is 13.0. The highest BCUT2D eigenvalue weighted by atomic mass is 15.0. The Morgan fingerprint density at radius 2 is 1.12 bits per heavy atom. The van der Waals surface area contributed by atoms with E-state index in [9.17, 15) is 0 Å². The average molecular weight is 345 g/mol. The van der Waals surface area contributed by atoms with Gasteiger partial charge in [0.05, 0.1) is 5.66 Å². The molecule has 24 heavy (non-hydrogen) atoms. The van der Waals surface area contributed by atoms with Gasteiger partial charge in [-0.1, -0.05) is 19.8 Å². The van der Waals surface area contributed by atoms with E-state index in [0.717, 1.165) is 64.2 Å². The third kappa shape index (κ3) is 6.94. The second-order valence-electron chi connectivity index (χ2n) is 7.29. The topological polar surface area (TPSA) is 156 Å². The largest absolute Gasteiger partial charge is 0.330 e. The summed E-state index contributed by atoms with van der Waals surface area (Å²) in [7, 11) is 0. The van der Waals surface area contributed by atoms with E-state index >= 15 is 0 Å². The predicted octanol–water partition coefficient (Wildman–Crippen LogP) is 0.958. The molecule has 0 spiro atoms. The van der Waals surface area contributed by atoms with E-state index in [1.807, 2.05) is 0 Å². The molecule has 12 N–H and O–H groups in total. The summed E-state index contributed by atoms with van der Waals surface area (Å²) in [6.45, 7) is 4.86. The molecule has 0 rings (SSSR count). The lowest BCUT2D eigenvalue weighted by atomic mass is 9.58. The van der Waals surface area contributed by atoms with Crippen LogP contribution in [0.4, 0.5) is 0 Å². The van der Waals surface area contributed by atoms with Crippen LogP contribution in [0.2, 0.25) is 0 Å². The number of nitrogens with two attached hydrogens (primary N) is 6. The third-order valence-electron chi connectivity index (χ3n) is 5.55. The fourth-order valence-electron chi connectivity index (χ4n) is 4.27. The fraction of sp³-hybridized carbons (Fsp3) is 1.00. The molecule has 6 heteroatoms. The summed E-state index contributed by atoms with van der Waals surface area (Å²) in [5, 5.41) is 0. The van der Waals surface area contributed by atoms with Crippen molar-refractivity contribution < 1.29 is 0 Å². The van der Waals surface area contributed by atoms with Gasteiger partial charge < -0.3 is 34.4 Å². The minimum atomic E-state index is -0.745. The van der Waals surface area contributed by atoms with Crippen LogP contribution in [0.15, 0.2) is 0 Å². The van der Waals surface area contributed by atoms with Crippen LogP contribution in [-0.2, 0) is 0 Å². The lowest BCUT2D eigenvalue weighted by Gasteiger charge is -2.52. The van der Waals surface area contributed by atoms with Crippen LogP contribution in [0.3, 0.4) is 0 Å². The Morgan fingerprint density at radius 1 is 0.667 bits per heavy atom. The first-order valence-electron chi connectivity index (χ1n) is 9.83. The second-order valence-corrected chi connectivity index (χ2v) is 7.29. The molecule has 0 amide bonds. The van der Waals surface area contributed by atoms with Crippen molar-refractivity contribution in [2.45, 2.75) is 76.8 Å². The van der Waals surface area contributed by atoms with E-state index in [0.29, 0.717) is 32.1 Å². The molecule has 0 heterocycles. The molecule has 1 unspecified atom stereocenters. The van der Waals surface area contributed by atoms with Gasteiger partial charge in [-0.2, -0.15) is 0 Å². The molecule has 0 aromatic heterocycles. The average Bonchev–Trinajstić information content (AvgIpc) is 2.57.